The molecule has 0 spiro atoms. The smallest absolute Gasteiger partial charge is 0.233 e. The van der Waals surface area contributed by atoms with Gasteiger partial charge in [0.1, 0.15) is 11.8 Å². The Kier molecular flexibility index (Phi) is 5.40. The van der Waals surface area contributed by atoms with E-state index in [0.717, 1.165) is 5.56 Å². The predicted octanol–water partition coefficient (Wildman–Crippen LogP) is 3.56. The van der Waals surface area contributed by atoms with Crippen molar-refractivity contribution in [2.75, 3.05) is 12.4 Å². The second-order valence-corrected chi connectivity index (χ2v) is 4.63. The molecule has 1 unspecified atom stereocenters. The molecule has 2 aromatic rings. The van der Waals surface area contributed by atoms with Crippen LogP contribution in [0.15, 0.2) is 59.7 Å². The maximum Gasteiger partial charge on any atom is 0.233 e. The molecule has 0 heterocycles. The van der Waals surface area contributed by atoms with E-state index in [1.165, 1.54) is 0 Å². The highest BCUT2D eigenvalue weighted by atomic mass is 16.5. The second kappa shape index (κ2) is 7.71. The van der Waals surface area contributed by atoms with E-state index in [-0.39, 0.29) is 5.91 Å². The number of hydrogen-bond donors (Lipinski definition) is 1. The number of carbonyl (C=O) groups is 1. The number of carbonyl (C=O) groups excluding carboxylic acids is 1. The van der Waals surface area contributed by atoms with Gasteiger partial charge in [-0.05, 0) is 41.8 Å². The van der Waals surface area contributed by atoms with Crippen molar-refractivity contribution < 1.29 is 9.53 Å². The molecule has 1 N–H and O–H groups in total. The van der Waals surface area contributed by atoms with Crippen LogP contribution in [-0.4, -0.2) is 19.1 Å². The maximum absolute atomic E-state index is 12.3. The van der Waals surface area contributed by atoms with Gasteiger partial charge >= 0.3 is 0 Å². The van der Waals surface area contributed by atoms with E-state index >= 15 is 0 Å². The minimum absolute atomic E-state index is 0.341. The molecule has 1 atom stereocenters. The van der Waals surface area contributed by atoms with Crippen molar-refractivity contribution in [3.8, 4) is 5.75 Å². The van der Waals surface area contributed by atoms with E-state index in [4.69, 9.17) is 10.3 Å². The van der Waals surface area contributed by atoms with Crippen LogP contribution in [0.25, 0.3) is 10.4 Å². The van der Waals surface area contributed by atoms with Crippen LogP contribution in [0.5, 0.6) is 5.75 Å². The lowest BCUT2D eigenvalue weighted by atomic mass is 10.1. The number of methoxy groups -OCH3 is 1. The number of nitrogens with zero attached hydrogens (tertiary/aromatic N) is 3. The van der Waals surface area contributed by atoms with Gasteiger partial charge in [0, 0.05) is 10.6 Å². The predicted molar refractivity (Wildman–Crippen MR) is 84.7 cm³/mol. The molecule has 0 saturated heterocycles. The maximum atomic E-state index is 12.3. The average Bonchev–Trinajstić information content (AvgIpc) is 2.56. The molecule has 0 saturated carbocycles. The van der Waals surface area contributed by atoms with Gasteiger partial charge in [-0.3, -0.25) is 4.79 Å². The van der Waals surface area contributed by atoms with Gasteiger partial charge in [-0.15, -0.1) is 0 Å². The van der Waals surface area contributed by atoms with Crippen LogP contribution in [-0.2, 0) is 11.2 Å². The molecule has 2 rings (SSSR count). The van der Waals surface area contributed by atoms with Crippen LogP contribution in [0, 0.1) is 0 Å². The van der Waals surface area contributed by atoms with Crippen molar-refractivity contribution in [1.29, 1.82) is 0 Å². The summed E-state index contributed by atoms with van der Waals surface area (Å²) in [7, 11) is 1.57. The van der Waals surface area contributed by atoms with Crippen LogP contribution >= 0.6 is 0 Å². The first-order valence-electron chi connectivity index (χ1n) is 6.76. The lowest BCUT2D eigenvalue weighted by Gasteiger charge is -2.12. The molecular weight excluding hydrogens is 280 g/mol. The van der Waals surface area contributed by atoms with Gasteiger partial charge < -0.3 is 10.1 Å². The highest BCUT2D eigenvalue weighted by Gasteiger charge is 2.17. The molecule has 0 aliphatic rings. The normalized spacial score (nSPS) is 11.1. The topological polar surface area (TPSA) is 87.1 Å². The van der Waals surface area contributed by atoms with Gasteiger partial charge in [0.2, 0.25) is 5.91 Å². The van der Waals surface area contributed by atoms with Crippen molar-refractivity contribution in [3.63, 3.8) is 0 Å². The molecule has 6 nitrogen and oxygen atoms in total. The van der Waals surface area contributed by atoms with E-state index in [1.807, 2.05) is 30.3 Å². The first-order valence-corrected chi connectivity index (χ1v) is 6.76. The molecule has 0 aliphatic heterocycles. The van der Waals surface area contributed by atoms with Gasteiger partial charge in [-0.25, -0.2) is 0 Å². The number of benzene rings is 2. The summed E-state index contributed by atoms with van der Waals surface area (Å²) in [4.78, 5) is 15.0. The first kappa shape index (κ1) is 15.4. The number of ether oxygens (including phenoxy) is 1. The fourth-order valence-electron chi connectivity index (χ4n) is 1.99. The Morgan fingerprint density at radius 2 is 1.91 bits per heavy atom. The summed E-state index contributed by atoms with van der Waals surface area (Å²) in [5.74, 6) is 0.362. The Bertz CT molecular complexity index is 664. The molecule has 0 aromatic heterocycles. The molecule has 0 radical (unpaired) electrons. The Hall–Kier alpha value is -2.98. The van der Waals surface area contributed by atoms with E-state index in [9.17, 15) is 4.79 Å². The van der Waals surface area contributed by atoms with Crippen LogP contribution in [0.3, 0.4) is 0 Å². The van der Waals surface area contributed by atoms with Crippen molar-refractivity contribution in [3.05, 3.63) is 70.6 Å². The summed E-state index contributed by atoms with van der Waals surface area (Å²) in [5.41, 5.74) is 10.2. The Balaban J connectivity index is 2.07. The third-order valence-electron chi connectivity index (χ3n) is 3.12. The number of anilines is 1. The van der Waals surface area contributed by atoms with E-state index in [1.54, 1.807) is 31.4 Å². The van der Waals surface area contributed by atoms with Gasteiger partial charge in [-0.2, -0.15) is 0 Å². The summed E-state index contributed by atoms with van der Waals surface area (Å²) < 4.78 is 5.06. The highest BCUT2D eigenvalue weighted by molar-refractivity contribution is 5.95. The van der Waals surface area contributed by atoms with Gasteiger partial charge in [0.15, 0.2) is 0 Å². The second-order valence-electron chi connectivity index (χ2n) is 4.63. The van der Waals surface area contributed by atoms with Crippen LogP contribution in [0.2, 0.25) is 0 Å². The van der Waals surface area contributed by atoms with Crippen LogP contribution < -0.4 is 10.1 Å². The van der Waals surface area contributed by atoms with Crippen LogP contribution in [0.1, 0.15) is 5.56 Å². The number of rotatable bonds is 6. The van der Waals surface area contributed by atoms with Crippen molar-refractivity contribution in [2.45, 2.75) is 12.5 Å². The quantitative estimate of drug-likeness (QED) is 0.502. The third-order valence-corrected chi connectivity index (χ3v) is 3.12. The minimum atomic E-state index is -0.797. The third kappa shape index (κ3) is 4.26. The van der Waals surface area contributed by atoms with Crippen molar-refractivity contribution in [2.24, 2.45) is 5.11 Å². The summed E-state index contributed by atoms with van der Waals surface area (Å²) in [6.45, 7) is 0. The molecule has 6 heteroatoms. The lowest BCUT2D eigenvalue weighted by Crippen LogP contribution is -2.27. The molecule has 2 aromatic carbocycles. The van der Waals surface area contributed by atoms with E-state index < -0.39 is 6.04 Å². The standard InChI is InChI=1S/C16H16N4O2/c1-22-14-9-7-13(8-10-14)18-16(21)15(19-20-17)11-12-5-3-2-4-6-12/h2-10,15H,11H2,1H3,(H,18,21). The van der Waals surface area contributed by atoms with Gasteiger partial charge in [0.25, 0.3) is 0 Å². The first-order chi connectivity index (χ1) is 10.7. The average molecular weight is 296 g/mol. The fraction of sp³-hybridized carbons (Fsp3) is 0.188. The van der Waals surface area contributed by atoms with Crippen LogP contribution in [0.4, 0.5) is 5.69 Å². The number of amides is 1. The number of nitrogens with one attached hydrogen (secondary N) is 1. The molecule has 112 valence electrons. The fourth-order valence-corrected chi connectivity index (χ4v) is 1.99. The zero-order chi connectivity index (χ0) is 15.8. The van der Waals surface area contributed by atoms with Crippen molar-refractivity contribution >= 4 is 11.6 Å². The number of azide groups is 1. The Labute approximate surface area is 128 Å². The Morgan fingerprint density at radius 3 is 2.50 bits per heavy atom. The largest absolute Gasteiger partial charge is 0.497 e. The zero-order valence-corrected chi connectivity index (χ0v) is 12.1. The highest BCUT2D eigenvalue weighted by Crippen LogP contribution is 2.16. The molecule has 0 aliphatic carbocycles. The molecule has 1 amide bonds. The SMILES string of the molecule is COc1ccc(NC(=O)C(Cc2ccccc2)N=[N+]=[N-])cc1. The summed E-state index contributed by atoms with van der Waals surface area (Å²) in [6, 6.07) is 15.6. The Morgan fingerprint density at radius 1 is 1.23 bits per heavy atom. The minimum Gasteiger partial charge on any atom is -0.497 e. The molecule has 0 fully saturated rings. The summed E-state index contributed by atoms with van der Waals surface area (Å²) in [6.07, 6.45) is 0.354. The molecular formula is C16H16N4O2. The summed E-state index contributed by atoms with van der Waals surface area (Å²) in [5, 5.41) is 6.33. The molecule has 22 heavy (non-hydrogen) atoms. The van der Waals surface area contributed by atoms with Crippen molar-refractivity contribution in [1.82, 2.24) is 0 Å². The summed E-state index contributed by atoms with van der Waals surface area (Å²) >= 11 is 0. The number of hydrogen-bond acceptors (Lipinski definition) is 3. The van der Waals surface area contributed by atoms with E-state index in [0.29, 0.717) is 17.9 Å². The van der Waals surface area contributed by atoms with Gasteiger partial charge in [0.05, 0.1) is 7.11 Å². The van der Waals surface area contributed by atoms with E-state index in [2.05, 4.69) is 15.3 Å². The molecule has 0 bridgehead atoms. The monoisotopic (exact) mass is 296 g/mol. The lowest BCUT2D eigenvalue weighted by molar-refractivity contribution is -0.117. The zero-order valence-electron chi connectivity index (χ0n) is 12.1. The van der Waals surface area contributed by atoms with Gasteiger partial charge in [-0.1, -0.05) is 35.4 Å².